The Morgan fingerprint density at radius 1 is 0.933 bits per heavy atom. The average Bonchev–Trinajstić information content (AvgIpc) is 3.63. The molecule has 3 aromatic rings. The highest BCUT2D eigenvalue weighted by Crippen LogP contribution is 2.33. The molecule has 0 radical (unpaired) electrons. The van der Waals surface area contributed by atoms with Crippen LogP contribution in [0.15, 0.2) is 54.7 Å². The number of halogens is 1. The Morgan fingerprint density at radius 3 is 2.33 bits per heavy atom. The van der Waals surface area contributed by atoms with E-state index in [-0.39, 0.29) is 23.5 Å². The number of aromatic nitrogens is 1. The van der Waals surface area contributed by atoms with Gasteiger partial charge in [-0.3, -0.25) is 14.6 Å². The predicted molar refractivity (Wildman–Crippen MR) is 112 cm³/mol. The minimum Gasteiger partial charge on any atom is -0.339 e. The second-order valence-electron chi connectivity index (χ2n) is 7.97. The van der Waals surface area contributed by atoms with Crippen LogP contribution in [0.4, 0.5) is 4.39 Å². The average molecular weight is 403 g/mol. The highest BCUT2D eigenvalue weighted by molar-refractivity contribution is 6.08. The van der Waals surface area contributed by atoms with Gasteiger partial charge < -0.3 is 9.80 Å². The summed E-state index contributed by atoms with van der Waals surface area (Å²) in [6.07, 6.45) is 3.56. The van der Waals surface area contributed by atoms with E-state index in [1.807, 2.05) is 35.2 Å². The van der Waals surface area contributed by atoms with Crippen molar-refractivity contribution in [1.29, 1.82) is 0 Å². The first-order valence-corrected chi connectivity index (χ1v) is 10.3. The lowest BCUT2D eigenvalue weighted by molar-refractivity contribution is -0.134. The molecule has 6 heteroatoms. The molecule has 1 aliphatic carbocycles. The number of carbonyl (C=O) groups is 2. The van der Waals surface area contributed by atoms with Crippen LogP contribution >= 0.6 is 0 Å². The van der Waals surface area contributed by atoms with Crippen LogP contribution in [0, 0.1) is 11.7 Å². The number of hydrogen-bond acceptors (Lipinski definition) is 3. The molecular formula is C24H22FN3O2. The molecule has 30 heavy (non-hydrogen) atoms. The summed E-state index contributed by atoms with van der Waals surface area (Å²) in [6.45, 7) is 2.09. The third-order valence-electron chi connectivity index (χ3n) is 5.93. The molecule has 1 saturated carbocycles. The summed E-state index contributed by atoms with van der Waals surface area (Å²) in [5.74, 6) is -0.0873. The van der Waals surface area contributed by atoms with Gasteiger partial charge in [0.15, 0.2) is 0 Å². The van der Waals surface area contributed by atoms with E-state index < -0.39 is 0 Å². The fourth-order valence-corrected chi connectivity index (χ4v) is 4.13. The van der Waals surface area contributed by atoms with Crippen molar-refractivity contribution in [3.63, 3.8) is 0 Å². The fraction of sp³-hybridized carbons (Fsp3) is 0.292. The number of nitrogens with zero attached hydrogens (tertiary/aromatic N) is 3. The third kappa shape index (κ3) is 3.43. The largest absolute Gasteiger partial charge is 0.339 e. The van der Waals surface area contributed by atoms with Gasteiger partial charge in [0, 0.05) is 49.2 Å². The number of rotatable bonds is 3. The van der Waals surface area contributed by atoms with E-state index in [1.165, 1.54) is 12.1 Å². The lowest BCUT2D eigenvalue weighted by atomic mass is 9.95. The van der Waals surface area contributed by atoms with Gasteiger partial charge in [0.1, 0.15) is 5.82 Å². The van der Waals surface area contributed by atoms with Crippen LogP contribution in [-0.2, 0) is 4.79 Å². The Morgan fingerprint density at radius 2 is 1.63 bits per heavy atom. The van der Waals surface area contributed by atoms with Crippen LogP contribution in [0.2, 0.25) is 0 Å². The van der Waals surface area contributed by atoms with Gasteiger partial charge in [-0.1, -0.05) is 30.3 Å². The molecule has 2 aliphatic rings. The van der Waals surface area contributed by atoms with Gasteiger partial charge in [-0.15, -0.1) is 0 Å². The van der Waals surface area contributed by atoms with E-state index in [0.717, 1.165) is 18.4 Å². The van der Waals surface area contributed by atoms with Gasteiger partial charge in [-0.2, -0.15) is 0 Å². The summed E-state index contributed by atoms with van der Waals surface area (Å²) in [5.41, 5.74) is 2.65. The van der Waals surface area contributed by atoms with Gasteiger partial charge in [0.05, 0.1) is 11.1 Å². The summed E-state index contributed by atoms with van der Waals surface area (Å²) >= 11 is 0. The molecule has 0 spiro atoms. The molecule has 5 rings (SSSR count). The third-order valence-corrected chi connectivity index (χ3v) is 5.93. The second kappa shape index (κ2) is 7.52. The van der Waals surface area contributed by atoms with Gasteiger partial charge in [0.25, 0.3) is 5.91 Å². The predicted octanol–water partition coefficient (Wildman–Crippen LogP) is 3.74. The second-order valence-corrected chi connectivity index (χ2v) is 7.97. The van der Waals surface area contributed by atoms with Crippen LogP contribution < -0.4 is 0 Å². The maximum absolute atomic E-state index is 14.0. The molecule has 1 saturated heterocycles. The minimum absolute atomic E-state index is 0.133. The Balaban J connectivity index is 1.49. The SMILES string of the molecule is O=C(c1cnc2ccc(F)cc2c1-c1ccccc1)N1CCN(C(=O)C2CC2)CC1. The van der Waals surface area contributed by atoms with Gasteiger partial charge in [-0.25, -0.2) is 4.39 Å². The molecule has 5 nitrogen and oxygen atoms in total. The molecule has 2 aromatic carbocycles. The summed E-state index contributed by atoms with van der Waals surface area (Å²) in [7, 11) is 0. The van der Waals surface area contributed by atoms with Crippen molar-refractivity contribution in [2.75, 3.05) is 26.2 Å². The molecule has 2 heterocycles. The first-order chi connectivity index (χ1) is 14.6. The quantitative estimate of drug-likeness (QED) is 0.670. The topological polar surface area (TPSA) is 53.5 Å². The summed E-state index contributed by atoms with van der Waals surface area (Å²) in [6, 6.07) is 14.0. The zero-order chi connectivity index (χ0) is 20.7. The van der Waals surface area contributed by atoms with Crippen molar-refractivity contribution in [3.8, 4) is 11.1 Å². The van der Waals surface area contributed by atoms with Gasteiger partial charge in [0.2, 0.25) is 5.91 Å². The van der Waals surface area contributed by atoms with Crippen LogP contribution in [0.3, 0.4) is 0 Å². The Labute approximate surface area is 174 Å². The van der Waals surface area contributed by atoms with Crippen molar-refractivity contribution in [2.45, 2.75) is 12.8 Å². The zero-order valence-corrected chi connectivity index (χ0v) is 16.6. The molecule has 1 aliphatic heterocycles. The Bertz CT molecular complexity index is 1120. The molecule has 0 bridgehead atoms. The molecular weight excluding hydrogens is 381 g/mol. The molecule has 0 atom stereocenters. The number of fused-ring (bicyclic) bond motifs is 1. The van der Waals surface area contributed by atoms with Crippen LogP contribution in [0.1, 0.15) is 23.2 Å². The Hall–Kier alpha value is -3.28. The van der Waals surface area contributed by atoms with E-state index in [4.69, 9.17) is 0 Å². The smallest absolute Gasteiger partial charge is 0.256 e. The van der Waals surface area contributed by atoms with Gasteiger partial charge >= 0.3 is 0 Å². The highest BCUT2D eigenvalue weighted by Gasteiger charge is 2.35. The van der Waals surface area contributed by atoms with Crippen LogP contribution in [-0.4, -0.2) is 52.8 Å². The minimum atomic E-state index is -0.363. The van der Waals surface area contributed by atoms with E-state index in [9.17, 15) is 14.0 Å². The lowest BCUT2D eigenvalue weighted by Gasteiger charge is -2.35. The van der Waals surface area contributed by atoms with Crippen molar-refractivity contribution < 1.29 is 14.0 Å². The maximum atomic E-state index is 14.0. The van der Waals surface area contributed by atoms with Crippen molar-refractivity contribution in [2.24, 2.45) is 5.92 Å². The van der Waals surface area contributed by atoms with E-state index in [2.05, 4.69) is 4.98 Å². The van der Waals surface area contributed by atoms with Crippen LogP contribution in [0.5, 0.6) is 0 Å². The normalized spacial score (nSPS) is 16.7. The highest BCUT2D eigenvalue weighted by atomic mass is 19.1. The van der Waals surface area contributed by atoms with Crippen LogP contribution in [0.25, 0.3) is 22.0 Å². The number of hydrogen-bond donors (Lipinski definition) is 0. The molecule has 2 fully saturated rings. The summed E-state index contributed by atoms with van der Waals surface area (Å²) in [4.78, 5) is 33.8. The monoisotopic (exact) mass is 403 g/mol. The maximum Gasteiger partial charge on any atom is 0.256 e. The number of amides is 2. The number of carbonyl (C=O) groups excluding carboxylic acids is 2. The molecule has 0 N–H and O–H groups in total. The van der Waals surface area contributed by atoms with Gasteiger partial charge in [-0.05, 0) is 36.6 Å². The van der Waals surface area contributed by atoms with E-state index in [0.29, 0.717) is 48.2 Å². The fourth-order valence-electron chi connectivity index (χ4n) is 4.13. The lowest BCUT2D eigenvalue weighted by Crippen LogP contribution is -2.51. The number of pyridine rings is 1. The molecule has 2 amide bonds. The molecule has 0 unspecified atom stereocenters. The number of piperazine rings is 1. The standard InChI is InChI=1S/C24H22FN3O2/c25-18-8-9-21-19(14-18)22(16-4-2-1-3-5-16)20(15-26-21)24(30)28-12-10-27(11-13-28)23(29)17-6-7-17/h1-5,8-9,14-15,17H,6-7,10-13H2. The van der Waals surface area contributed by atoms with Crippen molar-refractivity contribution in [3.05, 3.63) is 66.1 Å². The Kier molecular flexibility index (Phi) is 4.69. The molecule has 152 valence electrons. The first-order valence-electron chi connectivity index (χ1n) is 10.3. The molecule has 1 aromatic heterocycles. The van der Waals surface area contributed by atoms with Crippen molar-refractivity contribution in [1.82, 2.24) is 14.8 Å². The van der Waals surface area contributed by atoms with E-state index in [1.54, 1.807) is 17.2 Å². The zero-order valence-electron chi connectivity index (χ0n) is 16.6. The summed E-state index contributed by atoms with van der Waals surface area (Å²) in [5, 5.41) is 0.620. The first kappa shape index (κ1) is 18.7. The number of benzene rings is 2. The van der Waals surface area contributed by atoms with Crippen molar-refractivity contribution >= 4 is 22.7 Å². The van der Waals surface area contributed by atoms with E-state index >= 15 is 0 Å². The summed E-state index contributed by atoms with van der Waals surface area (Å²) < 4.78 is 14.0.